The van der Waals surface area contributed by atoms with Gasteiger partial charge in [0, 0.05) is 0 Å². The van der Waals surface area contributed by atoms with Crippen LogP contribution in [0.3, 0.4) is 0 Å². The van der Waals surface area contributed by atoms with Crippen molar-refractivity contribution >= 4 is 17.6 Å². The van der Waals surface area contributed by atoms with Crippen LogP contribution in [0.4, 0.5) is 11.4 Å². The second kappa shape index (κ2) is 8.54. The second-order valence-electron chi connectivity index (χ2n) is 6.83. The molecule has 0 spiro atoms. The van der Waals surface area contributed by atoms with Gasteiger partial charge in [-0.1, -0.05) is 50.2 Å². The average Bonchev–Trinajstić information content (AvgIpc) is 2.70. The Morgan fingerprint density at radius 2 is 1.44 bits per heavy atom. The van der Waals surface area contributed by atoms with Gasteiger partial charge >= 0.3 is 0 Å². The maximum absolute atomic E-state index is 5.55. The van der Waals surface area contributed by atoms with Crippen molar-refractivity contribution in [2.45, 2.75) is 26.7 Å². The molecule has 0 radical (unpaired) electrons. The van der Waals surface area contributed by atoms with Crippen molar-refractivity contribution in [3.8, 4) is 5.75 Å². The molecule has 138 valence electrons. The Kier molecular flexibility index (Phi) is 5.92. The first-order valence-electron chi connectivity index (χ1n) is 9.23. The van der Waals surface area contributed by atoms with Crippen LogP contribution >= 0.6 is 0 Å². The number of anilines is 2. The van der Waals surface area contributed by atoms with Crippen molar-refractivity contribution < 1.29 is 4.74 Å². The fourth-order valence-electron chi connectivity index (χ4n) is 3.02. The number of aryl methyl sites for hydroxylation is 1. The van der Waals surface area contributed by atoms with E-state index in [0.717, 1.165) is 28.3 Å². The van der Waals surface area contributed by atoms with Crippen LogP contribution in [-0.2, 0) is 0 Å². The summed E-state index contributed by atoms with van der Waals surface area (Å²) < 4.78 is 5.55. The summed E-state index contributed by atoms with van der Waals surface area (Å²) in [6.45, 7) is 6.44. The van der Waals surface area contributed by atoms with E-state index in [9.17, 15) is 0 Å². The fourth-order valence-corrected chi connectivity index (χ4v) is 3.02. The molecule has 0 atom stereocenters. The Labute approximate surface area is 161 Å². The first-order valence-corrected chi connectivity index (χ1v) is 9.23. The molecule has 3 rings (SSSR count). The molecule has 0 saturated carbocycles. The summed E-state index contributed by atoms with van der Waals surface area (Å²) in [6.07, 6.45) is 1.93. The molecule has 3 nitrogen and oxygen atoms in total. The van der Waals surface area contributed by atoms with Crippen molar-refractivity contribution in [3.63, 3.8) is 0 Å². The molecule has 0 unspecified atom stereocenters. The van der Waals surface area contributed by atoms with E-state index in [2.05, 4.69) is 57.2 Å². The summed E-state index contributed by atoms with van der Waals surface area (Å²) >= 11 is 0. The highest BCUT2D eigenvalue weighted by Crippen LogP contribution is 2.30. The number of benzene rings is 3. The van der Waals surface area contributed by atoms with Gasteiger partial charge in [0.15, 0.2) is 0 Å². The van der Waals surface area contributed by atoms with Gasteiger partial charge in [0.25, 0.3) is 0 Å². The van der Waals surface area contributed by atoms with Gasteiger partial charge in [-0.3, -0.25) is 0 Å². The Morgan fingerprint density at radius 1 is 0.889 bits per heavy atom. The summed E-state index contributed by atoms with van der Waals surface area (Å²) in [5, 5.41) is 6.78. The zero-order valence-corrected chi connectivity index (χ0v) is 16.4. The maximum Gasteiger partial charge on any atom is 0.122 e. The number of hydrogen-bond donors (Lipinski definition) is 0. The lowest BCUT2D eigenvalue weighted by Crippen LogP contribution is -2.09. The molecule has 0 saturated heterocycles. The van der Waals surface area contributed by atoms with Gasteiger partial charge in [-0.25, -0.2) is 5.01 Å². The minimum atomic E-state index is 0.382. The van der Waals surface area contributed by atoms with Crippen LogP contribution in [0.25, 0.3) is 0 Å². The summed E-state index contributed by atoms with van der Waals surface area (Å²) in [6, 6.07) is 24.6. The van der Waals surface area contributed by atoms with Crippen molar-refractivity contribution in [3.05, 3.63) is 89.5 Å². The normalized spacial score (nSPS) is 11.1. The molecule has 0 heterocycles. The Balaban J connectivity index is 2.02. The third-order valence-electron chi connectivity index (χ3n) is 4.55. The van der Waals surface area contributed by atoms with Crippen LogP contribution < -0.4 is 9.75 Å². The van der Waals surface area contributed by atoms with Crippen molar-refractivity contribution in [1.82, 2.24) is 0 Å². The molecule has 0 aliphatic heterocycles. The molecule has 0 aliphatic carbocycles. The third kappa shape index (κ3) is 4.37. The largest absolute Gasteiger partial charge is 0.496 e. The van der Waals surface area contributed by atoms with Gasteiger partial charge in [0.1, 0.15) is 5.75 Å². The quantitative estimate of drug-likeness (QED) is 0.381. The molecule has 0 N–H and O–H groups in total. The van der Waals surface area contributed by atoms with E-state index >= 15 is 0 Å². The Morgan fingerprint density at radius 3 is 1.93 bits per heavy atom. The van der Waals surface area contributed by atoms with Gasteiger partial charge in [0.05, 0.1) is 24.7 Å². The first kappa shape index (κ1) is 18.7. The molecular formula is C24H26N2O. The predicted molar refractivity (Wildman–Crippen MR) is 114 cm³/mol. The standard InChI is InChI=1S/C24H26N2O/c1-18(2)23-16-20(19(3)15-24(23)27-4)17-25-26(21-11-7-5-8-12-21)22-13-9-6-10-14-22/h5-18H,1-4H3/b25-17+. The van der Waals surface area contributed by atoms with Crippen LogP contribution in [0.5, 0.6) is 5.75 Å². The van der Waals surface area contributed by atoms with E-state index in [-0.39, 0.29) is 0 Å². The van der Waals surface area contributed by atoms with Gasteiger partial charge in [-0.05, 0) is 65.9 Å². The van der Waals surface area contributed by atoms with Crippen LogP contribution in [-0.4, -0.2) is 13.3 Å². The molecule has 0 bridgehead atoms. The highest BCUT2D eigenvalue weighted by atomic mass is 16.5. The fraction of sp³-hybridized carbons (Fsp3) is 0.208. The Bertz CT molecular complexity index is 863. The first-order chi connectivity index (χ1) is 13.1. The van der Waals surface area contributed by atoms with E-state index in [1.807, 2.05) is 47.6 Å². The predicted octanol–water partition coefficient (Wildman–Crippen LogP) is 6.30. The zero-order valence-electron chi connectivity index (χ0n) is 16.4. The van der Waals surface area contributed by atoms with Crippen molar-refractivity contribution in [2.75, 3.05) is 12.1 Å². The number of methoxy groups -OCH3 is 1. The molecule has 0 aliphatic rings. The molecular weight excluding hydrogens is 332 g/mol. The monoisotopic (exact) mass is 358 g/mol. The smallest absolute Gasteiger partial charge is 0.122 e. The topological polar surface area (TPSA) is 24.8 Å². The van der Waals surface area contributed by atoms with E-state index < -0.39 is 0 Å². The van der Waals surface area contributed by atoms with Crippen LogP contribution in [0.15, 0.2) is 77.9 Å². The molecule has 3 aromatic carbocycles. The molecule has 27 heavy (non-hydrogen) atoms. The summed E-state index contributed by atoms with van der Waals surface area (Å²) in [5.74, 6) is 1.31. The van der Waals surface area contributed by atoms with Crippen molar-refractivity contribution in [2.24, 2.45) is 5.10 Å². The van der Waals surface area contributed by atoms with Crippen LogP contribution in [0.2, 0.25) is 0 Å². The summed E-state index contributed by atoms with van der Waals surface area (Å²) in [7, 11) is 1.72. The zero-order chi connectivity index (χ0) is 19.2. The number of hydrogen-bond acceptors (Lipinski definition) is 3. The highest BCUT2D eigenvalue weighted by molar-refractivity contribution is 5.84. The SMILES string of the molecule is COc1cc(C)c(/C=N/N(c2ccccc2)c2ccccc2)cc1C(C)C. The van der Waals surface area contributed by atoms with E-state index in [4.69, 9.17) is 9.84 Å². The van der Waals surface area contributed by atoms with E-state index in [1.54, 1.807) is 7.11 Å². The number of hydrazone groups is 1. The minimum Gasteiger partial charge on any atom is -0.496 e. The maximum atomic E-state index is 5.55. The number of nitrogens with zero attached hydrogens (tertiary/aromatic N) is 2. The average molecular weight is 358 g/mol. The van der Waals surface area contributed by atoms with Gasteiger partial charge in [-0.15, -0.1) is 0 Å². The lowest BCUT2D eigenvalue weighted by molar-refractivity contribution is 0.407. The number of ether oxygens (including phenoxy) is 1. The number of rotatable bonds is 6. The lowest BCUT2D eigenvalue weighted by Gasteiger charge is -2.20. The third-order valence-corrected chi connectivity index (χ3v) is 4.55. The summed E-state index contributed by atoms with van der Waals surface area (Å²) in [4.78, 5) is 0. The van der Waals surface area contributed by atoms with Crippen LogP contribution in [0, 0.1) is 6.92 Å². The number of para-hydroxylation sites is 2. The minimum absolute atomic E-state index is 0.382. The molecule has 0 amide bonds. The van der Waals surface area contributed by atoms with E-state index in [1.165, 1.54) is 5.56 Å². The van der Waals surface area contributed by atoms with Crippen molar-refractivity contribution in [1.29, 1.82) is 0 Å². The second-order valence-corrected chi connectivity index (χ2v) is 6.83. The lowest BCUT2D eigenvalue weighted by atomic mass is 9.97. The van der Waals surface area contributed by atoms with Gasteiger partial charge in [0.2, 0.25) is 0 Å². The highest BCUT2D eigenvalue weighted by Gasteiger charge is 2.11. The molecule has 0 fully saturated rings. The molecule has 0 aromatic heterocycles. The van der Waals surface area contributed by atoms with Gasteiger partial charge < -0.3 is 4.74 Å². The van der Waals surface area contributed by atoms with Crippen LogP contribution in [0.1, 0.15) is 36.5 Å². The molecule has 3 heteroatoms. The Hall–Kier alpha value is -3.07. The molecule has 3 aromatic rings. The van der Waals surface area contributed by atoms with E-state index in [0.29, 0.717) is 5.92 Å². The van der Waals surface area contributed by atoms with Gasteiger partial charge in [-0.2, -0.15) is 5.10 Å². The summed E-state index contributed by atoms with van der Waals surface area (Å²) in [5.41, 5.74) is 5.47.